The van der Waals surface area contributed by atoms with E-state index in [2.05, 4.69) is 5.32 Å². The molecule has 0 rings (SSSR count). The number of carbonyl (C=O) groups is 1. The van der Waals surface area contributed by atoms with Crippen molar-refractivity contribution in [2.24, 2.45) is 0 Å². The summed E-state index contributed by atoms with van der Waals surface area (Å²) in [5.74, 6) is -1.01. The summed E-state index contributed by atoms with van der Waals surface area (Å²) in [6, 6.07) is -0.761. The van der Waals surface area contributed by atoms with Crippen LogP contribution >= 0.6 is 0 Å². The lowest BCUT2D eigenvalue weighted by Gasteiger charge is -2.11. The van der Waals surface area contributed by atoms with E-state index in [1.807, 2.05) is 13.8 Å². The summed E-state index contributed by atoms with van der Waals surface area (Å²) >= 11 is 0. The van der Waals surface area contributed by atoms with Crippen LogP contribution in [0.2, 0.25) is 0 Å². The van der Waals surface area contributed by atoms with Crippen molar-refractivity contribution in [3.8, 4) is 0 Å². The smallest absolute Gasteiger partial charge is 0.326 e. The maximum atomic E-state index is 10.3. The van der Waals surface area contributed by atoms with Gasteiger partial charge >= 0.3 is 5.97 Å². The van der Waals surface area contributed by atoms with Crippen LogP contribution in [0.5, 0.6) is 0 Å². The van der Waals surface area contributed by atoms with Crippen LogP contribution in [0.4, 0.5) is 0 Å². The molecule has 0 heterocycles. The quantitative estimate of drug-likeness (QED) is 0.489. The Balaban J connectivity index is 3.83. The Hall–Kier alpha value is -0.900. The van der Waals surface area contributed by atoms with Gasteiger partial charge in [0.15, 0.2) is 0 Å². The Kier molecular flexibility index (Phi) is 3.64. The summed E-state index contributed by atoms with van der Waals surface area (Å²) in [5.41, 5.74) is 0. The summed E-state index contributed by atoms with van der Waals surface area (Å²) in [5, 5.41) is 17.8. The molecule has 0 aliphatic rings. The van der Waals surface area contributed by atoms with E-state index in [4.69, 9.17) is 10.5 Å². The second-order valence-corrected chi connectivity index (χ2v) is 2.30. The Morgan fingerprint density at radius 2 is 2.20 bits per heavy atom. The van der Waals surface area contributed by atoms with E-state index in [0.29, 0.717) is 0 Å². The van der Waals surface area contributed by atoms with Gasteiger partial charge in [0, 0.05) is 12.3 Å². The van der Waals surface area contributed by atoms with Gasteiger partial charge in [-0.3, -0.25) is 10.1 Å². The zero-order chi connectivity index (χ0) is 8.15. The lowest BCUT2D eigenvalue weighted by molar-refractivity contribution is -0.137. The molecule has 0 amide bonds. The second-order valence-electron chi connectivity index (χ2n) is 2.30. The average molecular weight is 144 g/mol. The van der Waals surface area contributed by atoms with Gasteiger partial charge in [0.1, 0.15) is 6.04 Å². The number of nitrogens with one attached hydrogen (secondary N) is 2. The first-order valence-corrected chi connectivity index (χ1v) is 3.07. The van der Waals surface area contributed by atoms with Gasteiger partial charge in [-0.25, -0.2) is 0 Å². The van der Waals surface area contributed by atoms with Crippen molar-refractivity contribution in [2.75, 3.05) is 0 Å². The topological polar surface area (TPSA) is 73.2 Å². The normalized spacial score (nSPS) is 13.1. The molecule has 0 aromatic heterocycles. The molecular formula is C6H12N2O2. The maximum Gasteiger partial charge on any atom is 0.326 e. The first kappa shape index (κ1) is 9.10. The number of aliphatic carboxylic acids is 1. The molecule has 0 aromatic carbocycles. The lowest BCUT2D eigenvalue weighted by Crippen LogP contribution is -2.41. The third-order valence-corrected chi connectivity index (χ3v) is 0.946. The van der Waals surface area contributed by atoms with Crippen molar-refractivity contribution in [1.29, 1.82) is 5.41 Å². The lowest BCUT2D eigenvalue weighted by atomic mass is 10.3. The van der Waals surface area contributed by atoms with Gasteiger partial charge in [0.2, 0.25) is 0 Å². The average Bonchev–Trinajstić information content (AvgIpc) is 1.81. The van der Waals surface area contributed by atoms with Crippen molar-refractivity contribution in [1.82, 2.24) is 5.32 Å². The van der Waals surface area contributed by atoms with E-state index >= 15 is 0 Å². The van der Waals surface area contributed by atoms with Gasteiger partial charge in [-0.1, -0.05) is 0 Å². The van der Waals surface area contributed by atoms with Crippen molar-refractivity contribution < 1.29 is 9.90 Å². The highest BCUT2D eigenvalue weighted by Crippen LogP contribution is 1.83. The zero-order valence-electron chi connectivity index (χ0n) is 6.09. The minimum absolute atomic E-state index is 0.0858. The van der Waals surface area contributed by atoms with E-state index < -0.39 is 12.0 Å². The van der Waals surface area contributed by atoms with Crippen molar-refractivity contribution in [3.63, 3.8) is 0 Å². The molecule has 0 aromatic rings. The van der Waals surface area contributed by atoms with Crippen LogP contribution < -0.4 is 5.32 Å². The Morgan fingerprint density at radius 3 is 2.30 bits per heavy atom. The van der Waals surface area contributed by atoms with Crippen molar-refractivity contribution in [2.45, 2.75) is 25.9 Å². The molecule has 58 valence electrons. The predicted molar refractivity (Wildman–Crippen MR) is 38.5 cm³/mol. The molecule has 1 unspecified atom stereocenters. The first-order valence-electron chi connectivity index (χ1n) is 3.07. The van der Waals surface area contributed by atoms with Crippen LogP contribution in [0.25, 0.3) is 0 Å². The largest absolute Gasteiger partial charge is 0.480 e. The number of rotatable bonds is 4. The molecule has 3 N–H and O–H groups in total. The van der Waals surface area contributed by atoms with E-state index in [9.17, 15) is 4.79 Å². The molecule has 0 aliphatic carbocycles. The van der Waals surface area contributed by atoms with E-state index in [1.165, 1.54) is 0 Å². The first-order chi connectivity index (χ1) is 4.57. The molecule has 1 atom stereocenters. The number of carboxylic acid groups (broad SMARTS) is 1. The highest BCUT2D eigenvalue weighted by Gasteiger charge is 2.13. The third-order valence-electron chi connectivity index (χ3n) is 0.946. The predicted octanol–water partition coefficient (Wildman–Crippen LogP) is 0.0872. The number of hydrogen-bond donors (Lipinski definition) is 3. The Morgan fingerprint density at radius 1 is 1.70 bits per heavy atom. The Bertz CT molecular complexity index is 134. The highest BCUT2D eigenvalue weighted by molar-refractivity contribution is 5.91. The van der Waals surface area contributed by atoms with Crippen molar-refractivity contribution in [3.05, 3.63) is 0 Å². The molecule has 0 fully saturated rings. The Labute approximate surface area is 59.8 Å². The standard InChI is InChI=1S/C6H12N2O2/c1-4(2)8-5(3-7)6(9)10/h3-5,7-8H,1-2H3,(H,9,10). The third kappa shape index (κ3) is 3.19. The summed E-state index contributed by atoms with van der Waals surface area (Å²) in [6.07, 6.45) is 0.877. The van der Waals surface area contributed by atoms with Crippen LogP contribution in [0.15, 0.2) is 0 Å². The van der Waals surface area contributed by atoms with Gasteiger partial charge in [-0.15, -0.1) is 0 Å². The summed E-state index contributed by atoms with van der Waals surface area (Å²) in [6.45, 7) is 3.67. The maximum absolute atomic E-state index is 10.3. The van der Waals surface area contributed by atoms with Gasteiger partial charge in [0.25, 0.3) is 0 Å². The van der Waals surface area contributed by atoms with Gasteiger partial charge in [-0.2, -0.15) is 0 Å². The molecule has 0 aliphatic heterocycles. The molecule has 0 bridgehead atoms. The second kappa shape index (κ2) is 4.00. The fraction of sp³-hybridized carbons (Fsp3) is 0.667. The van der Waals surface area contributed by atoms with E-state index in [1.54, 1.807) is 0 Å². The molecular weight excluding hydrogens is 132 g/mol. The number of carboxylic acids is 1. The zero-order valence-corrected chi connectivity index (χ0v) is 6.09. The van der Waals surface area contributed by atoms with Crippen molar-refractivity contribution >= 4 is 12.2 Å². The highest BCUT2D eigenvalue weighted by atomic mass is 16.4. The van der Waals surface area contributed by atoms with Gasteiger partial charge in [0.05, 0.1) is 0 Å². The fourth-order valence-electron chi connectivity index (χ4n) is 0.550. The molecule has 10 heavy (non-hydrogen) atoms. The summed E-state index contributed by atoms with van der Waals surface area (Å²) in [4.78, 5) is 10.3. The fourth-order valence-corrected chi connectivity index (χ4v) is 0.550. The van der Waals surface area contributed by atoms with E-state index in [0.717, 1.165) is 6.21 Å². The molecule has 4 nitrogen and oxygen atoms in total. The van der Waals surface area contributed by atoms with E-state index in [-0.39, 0.29) is 6.04 Å². The van der Waals surface area contributed by atoms with Crippen LogP contribution in [-0.4, -0.2) is 29.4 Å². The van der Waals surface area contributed by atoms with Gasteiger partial charge in [-0.05, 0) is 13.8 Å². The van der Waals surface area contributed by atoms with Crippen LogP contribution in [-0.2, 0) is 4.79 Å². The minimum atomic E-state index is -1.01. The van der Waals surface area contributed by atoms with Gasteiger partial charge < -0.3 is 10.5 Å². The van der Waals surface area contributed by atoms with Crippen LogP contribution in [0, 0.1) is 5.41 Å². The summed E-state index contributed by atoms with van der Waals surface area (Å²) < 4.78 is 0. The molecule has 0 saturated carbocycles. The SMILES string of the molecule is CC(C)NC(C=N)C(=O)O. The minimum Gasteiger partial charge on any atom is -0.480 e. The molecule has 4 heteroatoms. The van der Waals surface area contributed by atoms with Crippen LogP contribution in [0.3, 0.4) is 0 Å². The molecule has 0 radical (unpaired) electrons. The molecule has 0 saturated heterocycles. The van der Waals surface area contributed by atoms with Crippen LogP contribution in [0.1, 0.15) is 13.8 Å². The molecule has 0 spiro atoms. The monoisotopic (exact) mass is 144 g/mol. The summed E-state index contributed by atoms with van der Waals surface area (Å²) in [7, 11) is 0. The number of hydrogen-bond acceptors (Lipinski definition) is 3.